The van der Waals surface area contributed by atoms with Crippen molar-refractivity contribution in [2.24, 2.45) is 0 Å². The molecule has 0 saturated heterocycles. The summed E-state index contributed by atoms with van der Waals surface area (Å²) in [4.78, 5) is 0. The van der Waals surface area contributed by atoms with E-state index in [2.05, 4.69) is 5.32 Å². The van der Waals surface area contributed by atoms with Gasteiger partial charge in [0.15, 0.2) is 6.29 Å². The molecule has 0 aromatic rings. The average Bonchev–Trinajstić information content (AvgIpc) is 2.22. The van der Waals surface area contributed by atoms with Gasteiger partial charge in [-0.25, -0.2) is 0 Å². The van der Waals surface area contributed by atoms with Gasteiger partial charge in [0.1, 0.15) is 0 Å². The first-order valence-electron chi connectivity index (χ1n) is 6.00. The van der Waals surface area contributed by atoms with Crippen molar-refractivity contribution >= 4 is 0 Å². The van der Waals surface area contributed by atoms with Crippen molar-refractivity contribution < 1.29 is 22.6 Å². The lowest BCUT2D eigenvalue weighted by atomic mass is 10.2. The Labute approximate surface area is 101 Å². The highest BCUT2D eigenvalue weighted by Gasteiger charge is 2.25. The van der Waals surface area contributed by atoms with Crippen LogP contribution in [0.1, 0.15) is 33.1 Å². The molecular weight excluding hydrogens is 235 g/mol. The molecule has 104 valence electrons. The second-order valence-corrected chi connectivity index (χ2v) is 3.62. The minimum atomic E-state index is -4.04. The number of ether oxygens (including phenoxy) is 2. The van der Waals surface area contributed by atoms with E-state index in [4.69, 9.17) is 9.47 Å². The molecule has 3 nitrogen and oxygen atoms in total. The zero-order valence-electron chi connectivity index (χ0n) is 10.5. The molecule has 17 heavy (non-hydrogen) atoms. The van der Waals surface area contributed by atoms with Crippen LogP contribution in [0.2, 0.25) is 0 Å². The van der Waals surface area contributed by atoms with Crippen LogP contribution >= 0.6 is 0 Å². The van der Waals surface area contributed by atoms with Crippen LogP contribution in [-0.4, -0.2) is 38.8 Å². The third-order valence-electron chi connectivity index (χ3n) is 2.08. The molecule has 6 heteroatoms. The maximum Gasteiger partial charge on any atom is 0.389 e. The van der Waals surface area contributed by atoms with E-state index in [-0.39, 0.29) is 12.7 Å². The molecule has 0 bridgehead atoms. The number of rotatable bonds is 10. The molecule has 0 aliphatic rings. The Morgan fingerprint density at radius 1 is 1.06 bits per heavy atom. The van der Waals surface area contributed by atoms with Crippen LogP contribution in [0.5, 0.6) is 0 Å². The highest BCUT2D eigenvalue weighted by molar-refractivity contribution is 4.55. The molecule has 0 rings (SSSR count). The van der Waals surface area contributed by atoms with Gasteiger partial charge >= 0.3 is 6.18 Å². The van der Waals surface area contributed by atoms with Gasteiger partial charge in [0.25, 0.3) is 0 Å². The van der Waals surface area contributed by atoms with Gasteiger partial charge < -0.3 is 14.8 Å². The van der Waals surface area contributed by atoms with Crippen molar-refractivity contribution in [3.8, 4) is 0 Å². The third kappa shape index (κ3) is 11.9. The molecule has 0 spiro atoms. The van der Waals surface area contributed by atoms with Crippen molar-refractivity contribution in [2.45, 2.75) is 45.6 Å². The SMILES string of the molecule is CCOC(CNCCCCC(F)(F)F)OCC. The van der Waals surface area contributed by atoms with Crippen LogP contribution in [0, 0.1) is 0 Å². The number of alkyl halides is 3. The van der Waals surface area contributed by atoms with E-state index < -0.39 is 12.6 Å². The molecule has 0 aliphatic carbocycles. The van der Waals surface area contributed by atoms with Crippen LogP contribution in [0.3, 0.4) is 0 Å². The standard InChI is InChI=1S/C11H22F3NO2/c1-3-16-10(17-4-2)9-15-8-6-5-7-11(12,13)14/h10,15H,3-9H2,1-2H3. The topological polar surface area (TPSA) is 30.5 Å². The van der Waals surface area contributed by atoms with E-state index >= 15 is 0 Å². The van der Waals surface area contributed by atoms with Crippen molar-refractivity contribution in [1.29, 1.82) is 0 Å². The normalized spacial score (nSPS) is 12.4. The van der Waals surface area contributed by atoms with E-state index in [9.17, 15) is 13.2 Å². The highest BCUT2D eigenvalue weighted by atomic mass is 19.4. The van der Waals surface area contributed by atoms with Gasteiger partial charge in [-0.05, 0) is 33.2 Å². The van der Waals surface area contributed by atoms with Crippen LogP contribution < -0.4 is 5.32 Å². The first kappa shape index (κ1) is 16.7. The van der Waals surface area contributed by atoms with Crippen LogP contribution in [0.15, 0.2) is 0 Å². The summed E-state index contributed by atoms with van der Waals surface area (Å²) in [6, 6.07) is 0. The summed E-state index contributed by atoms with van der Waals surface area (Å²) in [7, 11) is 0. The van der Waals surface area contributed by atoms with Crippen LogP contribution in [-0.2, 0) is 9.47 Å². The van der Waals surface area contributed by atoms with Gasteiger partial charge in [0.2, 0.25) is 0 Å². The second kappa shape index (κ2) is 9.67. The number of nitrogens with one attached hydrogen (secondary N) is 1. The Kier molecular flexibility index (Phi) is 9.49. The van der Waals surface area contributed by atoms with Crippen LogP contribution in [0.4, 0.5) is 13.2 Å². The predicted octanol–water partition coefficient (Wildman–Crippen LogP) is 2.71. The van der Waals surface area contributed by atoms with E-state index in [1.165, 1.54) is 0 Å². The van der Waals surface area contributed by atoms with E-state index in [0.717, 1.165) is 0 Å². The number of hydrogen-bond donors (Lipinski definition) is 1. The maximum atomic E-state index is 11.8. The van der Waals surface area contributed by atoms with Crippen molar-refractivity contribution in [2.75, 3.05) is 26.3 Å². The fourth-order valence-electron chi connectivity index (χ4n) is 1.33. The second-order valence-electron chi connectivity index (χ2n) is 3.62. The quantitative estimate of drug-likeness (QED) is 0.482. The maximum absolute atomic E-state index is 11.8. The summed E-state index contributed by atoms with van der Waals surface area (Å²) in [5.41, 5.74) is 0. The van der Waals surface area contributed by atoms with Crippen molar-refractivity contribution in [1.82, 2.24) is 5.32 Å². The fourth-order valence-corrected chi connectivity index (χ4v) is 1.33. The van der Waals surface area contributed by atoms with Gasteiger partial charge in [0.05, 0.1) is 0 Å². The summed E-state index contributed by atoms with van der Waals surface area (Å²) >= 11 is 0. The minimum Gasteiger partial charge on any atom is -0.352 e. The molecule has 0 aliphatic heterocycles. The largest absolute Gasteiger partial charge is 0.389 e. The lowest BCUT2D eigenvalue weighted by molar-refractivity contribution is -0.136. The molecule has 0 atom stereocenters. The summed E-state index contributed by atoms with van der Waals surface area (Å²) in [5, 5.41) is 3.02. The van der Waals surface area contributed by atoms with Gasteiger partial charge in [-0.3, -0.25) is 0 Å². The Morgan fingerprint density at radius 2 is 1.65 bits per heavy atom. The summed E-state index contributed by atoms with van der Waals surface area (Å²) in [6.45, 7) is 5.91. The first-order valence-corrected chi connectivity index (χ1v) is 6.00. The molecule has 0 fully saturated rings. The molecule has 0 amide bonds. The van der Waals surface area contributed by atoms with E-state index in [1.807, 2.05) is 13.8 Å². The van der Waals surface area contributed by atoms with Crippen molar-refractivity contribution in [3.05, 3.63) is 0 Å². The predicted molar refractivity (Wildman–Crippen MR) is 59.8 cm³/mol. The molecule has 0 aromatic carbocycles. The summed E-state index contributed by atoms with van der Waals surface area (Å²) < 4.78 is 46.1. The van der Waals surface area contributed by atoms with Gasteiger partial charge in [0, 0.05) is 26.2 Å². The monoisotopic (exact) mass is 257 g/mol. The molecule has 0 radical (unpaired) electrons. The first-order chi connectivity index (χ1) is 7.99. The zero-order chi connectivity index (χ0) is 13.1. The Hall–Kier alpha value is -0.330. The summed E-state index contributed by atoms with van der Waals surface area (Å²) in [6.07, 6.45) is -4.41. The molecule has 0 unspecified atom stereocenters. The number of halogens is 3. The number of unbranched alkanes of at least 4 members (excludes halogenated alkanes) is 1. The minimum absolute atomic E-state index is 0.157. The van der Waals surface area contributed by atoms with Gasteiger partial charge in [-0.1, -0.05) is 0 Å². The Morgan fingerprint density at radius 3 is 2.12 bits per heavy atom. The lowest BCUT2D eigenvalue weighted by Crippen LogP contribution is -2.32. The Balaban J connectivity index is 3.41. The zero-order valence-corrected chi connectivity index (χ0v) is 10.5. The van der Waals surface area contributed by atoms with E-state index in [1.54, 1.807) is 0 Å². The molecule has 0 aromatic heterocycles. The molecule has 0 saturated carbocycles. The third-order valence-corrected chi connectivity index (χ3v) is 2.08. The van der Waals surface area contributed by atoms with Crippen LogP contribution in [0.25, 0.3) is 0 Å². The number of hydrogen-bond acceptors (Lipinski definition) is 3. The molecular formula is C11H22F3NO2. The smallest absolute Gasteiger partial charge is 0.352 e. The van der Waals surface area contributed by atoms with E-state index in [0.29, 0.717) is 32.7 Å². The molecule has 0 heterocycles. The average molecular weight is 257 g/mol. The highest BCUT2D eigenvalue weighted by Crippen LogP contribution is 2.21. The lowest BCUT2D eigenvalue weighted by Gasteiger charge is -2.17. The van der Waals surface area contributed by atoms with Gasteiger partial charge in [-0.2, -0.15) is 13.2 Å². The summed E-state index contributed by atoms with van der Waals surface area (Å²) in [5.74, 6) is 0. The van der Waals surface area contributed by atoms with Crippen molar-refractivity contribution in [3.63, 3.8) is 0 Å². The Bertz CT molecular complexity index is 171. The fraction of sp³-hybridized carbons (Fsp3) is 1.00. The molecule has 1 N–H and O–H groups in total. The van der Waals surface area contributed by atoms with Gasteiger partial charge in [-0.15, -0.1) is 0 Å².